The number of nitrogens with one attached hydrogen (secondary N) is 1. The van der Waals surface area contributed by atoms with E-state index in [4.69, 9.17) is 15.2 Å². The molecule has 3 N–H and O–H groups in total. The van der Waals surface area contributed by atoms with Crippen molar-refractivity contribution in [2.75, 3.05) is 38.2 Å². The van der Waals surface area contributed by atoms with Crippen LogP contribution in [0.2, 0.25) is 0 Å². The average Bonchev–Trinajstić information content (AvgIpc) is 2.74. The number of ether oxygens (including phenoxy) is 2. The first-order valence-corrected chi connectivity index (χ1v) is 10.7. The SMILES string of the molecule is Cc1ccc(NC(=O)COc2ccccc2C(N)=O)cc1S(=O)(=O)N1CCOCC1. The molecule has 0 saturated carbocycles. The van der Waals surface area contributed by atoms with Crippen LogP contribution >= 0.6 is 0 Å². The van der Waals surface area contributed by atoms with Gasteiger partial charge in [0.1, 0.15) is 5.75 Å². The summed E-state index contributed by atoms with van der Waals surface area (Å²) in [7, 11) is -3.70. The van der Waals surface area contributed by atoms with E-state index < -0.39 is 21.8 Å². The minimum Gasteiger partial charge on any atom is -0.483 e. The van der Waals surface area contributed by atoms with Crippen LogP contribution in [0.1, 0.15) is 15.9 Å². The Bertz CT molecular complexity index is 1050. The number of primary amides is 1. The van der Waals surface area contributed by atoms with Gasteiger partial charge in [-0.25, -0.2) is 8.42 Å². The largest absolute Gasteiger partial charge is 0.483 e. The molecule has 0 spiro atoms. The van der Waals surface area contributed by atoms with Gasteiger partial charge in [0.25, 0.3) is 11.8 Å². The van der Waals surface area contributed by atoms with E-state index in [0.717, 1.165) is 0 Å². The number of benzene rings is 2. The van der Waals surface area contributed by atoms with E-state index in [9.17, 15) is 18.0 Å². The molecule has 1 aliphatic rings. The first-order valence-electron chi connectivity index (χ1n) is 9.29. The molecule has 30 heavy (non-hydrogen) atoms. The Hall–Kier alpha value is -2.95. The summed E-state index contributed by atoms with van der Waals surface area (Å²) in [6.45, 7) is 2.58. The number of carbonyl (C=O) groups is 2. The summed E-state index contributed by atoms with van der Waals surface area (Å²) in [6, 6.07) is 11.0. The molecule has 160 valence electrons. The van der Waals surface area contributed by atoms with Crippen LogP contribution in [0.3, 0.4) is 0 Å². The fourth-order valence-corrected chi connectivity index (χ4v) is 4.68. The van der Waals surface area contributed by atoms with Gasteiger partial charge in [-0.15, -0.1) is 0 Å². The number of carbonyl (C=O) groups excluding carboxylic acids is 2. The van der Waals surface area contributed by atoms with Gasteiger partial charge in [-0.2, -0.15) is 4.31 Å². The summed E-state index contributed by atoms with van der Waals surface area (Å²) in [6.07, 6.45) is 0. The number of morpholine rings is 1. The fourth-order valence-electron chi connectivity index (χ4n) is 3.02. The molecule has 0 unspecified atom stereocenters. The van der Waals surface area contributed by atoms with Crippen molar-refractivity contribution in [3.63, 3.8) is 0 Å². The maximum Gasteiger partial charge on any atom is 0.262 e. The standard InChI is InChI=1S/C20H23N3O6S/c1-14-6-7-15(12-18(14)30(26,27)23-8-10-28-11-9-23)22-19(24)13-29-17-5-3-2-4-16(17)20(21)25/h2-7,12H,8-11,13H2,1H3,(H2,21,25)(H,22,24). The summed E-state index contributed by atoms with van der Waals surface area (Å²) < 4.78 is 37.9. The van der Waals surface area contributed by atoms with Crippen molar-refractivity contribution in [1.82, 2.24) is 4.31 Å². The molecule has 1 fully saturated rings. The van der Waals surface area contributed by atoms with Gasteiger partial charge in [-0.05, 0) is 36.8 Å². The maximum atomic E-state index is 12.9. The molecule has 3 rings (SSSR count). The first kappa shape index (κ1) is 21.8. The Morgan fingerprint density at radius 3 is 2.57 bits per heavy atom. The van der Waals surface area contributed by atoms with Crippen LogP contribution in [0.5, 0.6) is 5.75 Å². The van der Waals surface area contributed by atoms with E-state index in [0.29, 0.717) is 24.5 Å². The highest BCUT2D eigenvalue weighted by atomic mass is 32.2. The van der Waals surface area contributed by atoms with Crippen LogP contribution in [0.25, 0.3) is 0 Å². The summed E-state index contributed by atoms with van der Waals surface area (Å²) in [4.78, 5) is 23.8. The lowest BCUT2D eigenvalue weighted by Crippen LogP contribution is -2.40. The molecule has 9 nitrogen and oxygen atoms in total. The average molecular weight is 433 g/mol. The van der Waals surface area contributed by atoms with Gasteiger partial charge in [0, 0.05) is 18.8 Å². The number of sulfonamides is 1. The molecular weight excluding hydrogens is 410 g/mol. The Morgan fingerprint density at radius 1 is 1.17 bits per heavy atom. The Kier molecular flexibility index (Phi) is 6.70. The number of aryl methyl sites for hydroxylation is 1. The molecule has 0 aromatic heterocycles. The highest BCUT2D eigenvalue weighted by molar-refractivity contribution is 7.89. The second kappa shape index (κ2) is 9.24. The Balaban J connectivity index is 1.71. The third-order valence-corrected chi connectivity index (χ3v) is 6.61. The molecule has 0 bridgehead atoms. The summed E-state index contributed by atoms with van der Waals surface area (Å²) in [5.74, 6) is -0.977. The van der Waals surface area contributed by atoms with Crippen LogP contribution in [0.4, 0.5) is 5.69 Å². The number of nitrogens with two attached hydrogens (primary N) is 1. The van der Waals surface area contributed by atoms with Crippen molar-refractivity contribution in [3.05, 3.63) is 53.6 Å². The van der Waals surface area contributed by atoms with Crippen LogP contribution < -0.4 is 15.8 Å². The number of anilines is 1. The normalized spacial score (nSPS) is 14.8. The molecular formula is C20H23N3O6S. The zero-order chi connectivity index (χ0) is 21.7. The van der Waals surface area contributed by atoms with Gasteiger partial charge in [0.2, 0.25) is 10.0 Å². The maximum absolute atomic E-state index is 12.9. The summed E-state index contributed by atoms with van der Waals surface area (Å²) in [5, 5.41) is 2.62. The quantitative estimate of drug-likeness (QED) is 0.674. The second-order valence-corrected chi connectivity index (χ2v) is 8.60. The van der Waals surface area contributed by atoms with Crippen LogP contribution in [0, 0.1) is 6.92 Å². The van der Waals surface area contributed by atoms with Crippen LogP contribution in [0.15, 0.2) is 47.4 Å². The monoisotopic (exact) mass is 433 g/mol. The first-order chi connectivity index (χ1) is 14.3. The van der Waals surface area contributed by atoms with E-state index in [-0.39, 0.29) is 35.9 Å². The smallest absolute Gasteiger partial charge is 0.262 e. The number of para-hydroxylation sites is 1. The minimum absolute atomic E-state index is 0.127. The number of nitrogens with zero attached hydrogens (tertiary/aromatic N) is 1. The highest BCUT2D eigenvalue weighted by Gasteiger charge is 2.28. The lowest BCUT2D eigenvalue weighted by atomic mass is 10.2. The predicted octanol–water partition coefficient (Wildman–Crippen LogP) is 1.13. The minimum atomic E-state index is -3.70. The van der Waals surface area contributed by atoms with Gasteiger partial charge in [0.05, 0.1) is 23.7 Å². The summed E-state index contributed by atoms with van der Waals surface area (Å²) in [5.41, 5.74) is 6.35. The molecule has 1 aliphatic heterocycles. The van der Waals surface area contributed by atoms with Gasteiger partial charge in [0.15, 0.2) is 6.61 Å². The predicted molar refractivity (Wildman–Crippen MR) is 110 cm³/mol. The van der Waals surface area contributed by atoms with Crippen LogP contribution in [-0.2, 0) is 19.6 Å². The highest BCUT2D eigenvalue weighted by Crippen LogP contribution is 2.24. The van der Waals surface area contributed by atoms with E-state index in [2.05, 4.69) is 5.32 Å². The van der Waals surface area contributed by atoms with Gasteiger partial charge in [-0.1, -0.05) is 18.2 Å². The van der Waals surface area contributed by atoms with Crippen molar-refractivity contribution in [1.29, 1.82) is 0 Å². The second-order valence-electron chi connectivity index (χ2n) is 6.69. The molecule has 10 heteroatoms. The van der Waals surface area contributed by atoms with E-state index in [1.54, 1.807) is 31.2 Å². The zero-order valence-corrected chi connectivity index (χ0v) is 17.3. The third-order valence-electron chi connectivity index (χ3n) is 4.57. The van der Waals surface area contributed by atoms with Crippen molar-refractivity contribution >= 4 is 27.5 Å². The Labute approximate surface area is 174 Å². The van der Waals surface area contributed by atoms with Gasteiger partial charge in [-0.3, -0.25) is 9.59 Å². The lowest BCUT2D eigenvalue weighted by Gasteiger charge is -2.26. The fraction of sp³-hybridized carbons (Fsp3) is 0.300. The topological polar surface area (TPSA) is 128 Å². The van der Waals surface area contributed by atoms with Crippen molar-refractivity contribution in [2.24, 2.45) is 5.73 Å². The molecule has 0 radical (unpaired) electrons. The van der Waals surface area contributed by atoms with Gasteiger partial charge < -0.3 is 20.5 Å². The van der Waals surface area contributed by atoms with E-state index in [1.807, 2.05) is 0 Å². The molecule has 0 aliphatic carbocycles. The number of rotatable bonds is 7. The van der Waals surface area contributed by atoms with E-state index in [1.165, 1.54) is 22.5 Å². The van der Waals surface area contributed by atoms with E-state index >= 15 is 0 Å². The van der Waals surface area contributed by atoms with Gasteiger partial charge >= 0.3 is 0 Å². The zero-order valence-electron chi connectivity index (χ0n) is 16.5. The molecule has 2 amide bonds. The molecule has 2 aromatic carbocycles. The van der Waals surface area contributed by atoms with Crippen molar-refractivity contribution < 1.29 is 27.5 Å². The molecule has 0 atom stereocenters. The van der Waals surface area contributed by atoms with Crippen LogP contribution in [-0.4, -0.2) is 57.4 Å². The number of amides is 2. The number of hydrogen-bond donors (Lipinski definition) is 2. The molecule has 1 saturated heterocycles. The van der Waals surface area contributed by atoms with Crippen molar-refractivity contribution in [2.45, 2.75) is 11.8 Å². The number of hydrogen-bond acceptors (Lipinski definition) is 6. The Morgan fingerprint density at radius 2 is 1.87 bits per heavy atom. The lowest BCUT2D eigenvalue weighted by molar-refractivity contribution is -0.118. The third kappa shape index (κ3) is 4.96. The summed E-state index contributed by atoms with van der Waals surface area (Å²) >= 11 is 0. The molecule has 1 heterocycles. The molecule has 2 aromatic rings. The van der Waals surface area contributed by atoms with Crippen molar-refractivity contribution in [3.8, 4) is 5.75 Å².